The lowest BCUT2D eigenvalue weighted by Crippen LogP contribution is -2.23. The maximum Gasteiger partial charge on any atom is 0.118 e. The minimum absolute atomic E-state index is 0.186. The van der Waals surface area contributed by atoms with Crippen molar-refractivity contribution < 1.29 is 9.47 Å². The Morgan fingerprint density at radius 1 is 1.19 bits per heavy atom. The number of hydrogen-bond acceptors (Lipinski definition) is 3. The second-order valence-electron chi connectivity index (χ2n) is 4.28. The van der Waals surface area contributed by atoms with Crippen molar-refractivity contribution >= 4 is 6.21 Å². The predicted octanol–water partition coefficient (Wildman–Crippen LogP) is 2.54. The van der Waals surface area contributed by atoms with E-state index >= 15 is 0 Å². The normalized spacial score (nSPS) is 12.0. The van der Waals surface area contributed by atoms with Gasteiger partial charge in [0.2, 0.25) is 0 Å². The Hall–Kier alpha value is -1.35. The van der Waals surface area contributed by atoms with Gasteiger partial charge in [0.25, 0.3) is 0 Å². The number of ether oxygens (including phenoxy) is 2. The van der Waals surface area contributed by atoms with Crippen LogP contribution in [0.4, 0.5) is 0 Å². The summed E-state index contributed by atoms with van der Waals surface area (Å²) < 4.78 is 10.2. The van der Waals surface area contributed by atoms with Crippen LogP contribution in [0.5, 0.6) is 5.75 Å². The number of methoxy groups -OCH3 is 2. The molecule has 0 aliphatic carbocycles. The maximum absolute atomic E-state index is 5.10. The van der Waals surface area contributed by atoms with Crippen molar-refractivity contribution in [2.75, 3.05) is 20.8 Å². The Morgan fingerprint density at radius 2 is 1.81 bits per heavy atom. The summed E-state index contributed by atoms with van der Waals surface area (Å²) in [7, 11) is 3.34. The zero-order chi connectivity index (χ0) is 12.0. The zero-order valence-corrected chi connectivity index (χ0v) is 10.4. The molecule has 0 fully saturated rings. The third-order valence-corrected chi connectivity index (χ3v) is 2.18. The molecule has 1 aromatic rings. The van der Waals surface area contributed by atoms with Crippen LogP contribution >= 0.6 is 0 Å². The first kappa shape index (κ1) is 12.7. The Balaban J connectivity index is 2.68. The fraction of sp³-hybridized carbons (Fsp3) is 0.462. The first-order valence-corrected chi connectivity index (χ1v) is 5.25. The Morgan fingerprint density at radius 3 is 2.31 bits per heavy atom. The van der Waals surface area contributed by atoms with Gasteiger partial charge in [0.05, 0.1) is 19.3 Å². The molecule has 0 aliphatic rings. The number of benzene rings is 1. The van der Waals surface area contributed by atoms with Crippen molar-refractivity contribution in [1.82, 2.24) is 0 Å². The van der Waals surface area contributed by atoms with E-state index in [4.69, 9.17) is 9.47 Å². The lowest BCUT2D eigenvalue weighted by molar-refractivity contribution is 0.151. The van der Waals surface area contributed by atoms with Crippen LogP contribution in [0.2, 0.25) is 0 Å². The molecule has 0 saturated carbocycles. The number of aliphatic imine (C=N–C) groups is 1. The molecule has 0 radical (unpaired) electrons. The fourth-order valence-electron chi connectivity index (χ4n) is 1.33. The van der Waals surface area contributed by atoms with Crippen LogP contribution < -0.4 is 4.74 Å². The minimum atomic E-state index is -0.186. The van der Waals surface area contributed by atoms with Crippen LogP contribution in [-0.2, 0) is 4.74 Å². The third-order valence-electron chi connectivity index (χ3n) is 2.18. The molecule has 0 saturated heterocycles. The standard InChI is InChI=1S/C13H19NO2/c1-13(2,10-15-3)14-9-11-5-7-12(16-4)8-6-11/h5-9H,10H2,1-4H3. The molecule has 16 heavy (non-hydrogen) atoms. The lowest BCUT2D eigenvalue weighted by Gasteiger charge is -2.17. The Bertz CT molecular complexity index is 341. The summed E-state index contributed by atoms with van der Waals surface area (Å²) >= 11 is 0. The molecule has 88 valence electrons. The van der Waals surface area contributed by atoms with Gasteiger partial charge in [-0.15, -0.1) is 0 Å². The van der Waals surface area contributed by atoms with Gasteiger partial charge in [0, 0.05) is 13.3 Å². The van der Waals surface area contributed by atoms with Gasteiger partial charge < -0.3 is 9.47 Å². The summed E-state index contributed by atoms with van der Waals surface area (Å²) in [5.41, 5.74) is 0.874. The minimum Gasteiger partial charge on any atom is -0.497 e. The van der Waals surface area contributed by atoms with Gasteiger partial charge in [0.15, 0.2) is 0 Å². The average molecular weight is 221 g/mol. The van der Waals surface area contributed by atoms with E-state index in [-0.39, 0.29) is 5.54 Å². The first-order valence-electron chi connectivity index (χ1n) is 5.25. The lowest BCUT2D eigenvalue weighted by atomic mass is 10.1. The molecule has 0 atom stereocenters. The van der Waals surface area contributed by atoms with Gasteiger partial charge in [0.1, 0.15) is 5.75 Å². The number of rotatable bonds is 5. The molecule has 1 rings (SSSR count). The highest BCUT2D eigenvalue weighted by molar-refractivity contribution is 5.80. The van der Waals surface area contributed by atoms with Crippen LogP contribution in [0.25, 0.3) is 0 Å². The van der Waals surface area contributed by atoms with Crippen molar-refractivity contribution in [2.45, 2.75) is 19.4 Å². The molecule has 0 N–H and O–H groups in total. The summed E-state index contributed by atoms with van der Waals surface area (Å²) in [6.45, 7) is 4.69. The van der Waals surface area contributed by atoms with E-state index in [0.717, 1.165) is 11.3 Å². The van der Waals surface area contributed by atoms with Gasteiger partial charge in [-0.3, -0.25) is 4.99 Å². The second-order valence-corrected chi connectivity index (χ2v) is 4.28. The smallest absolute Gasteiger partial charge is 0.118 e. The third kappa shape index (κ3) is 4.03. The van der Waals surface area contributed by atoms with Crippen LogP contribution in [0, 0.1) is 0 Å². The van der Waals surface area contributed by atoms with Crippen molar-refractivity contribution in [3.8, 4) is 5.75 Å². The van der Waals surface area contributed by atoms with Crippen LogP contribution in [0.15, 0.2) is 29.3 Å². The maximum atomic E-state index is 5.10. The number of nitrogens with zero attached hydrogens (tertiary/aromatic N) is 1. The highest BCUT2D eigenvalue weighted by Crippen LogP contribution is 2.12. The summed E-state index contributed by atoms with van der Waals surface area (Å²) in [5, 5.41) is 0. The second kappa shape index (κ2) is 5.66. The van der Waals surface area contributed by atoms with E-state index in [1.54, 1.807) is 14.2 Å². The summed E-state index contributed by atoms with van der Waals surface area (Å²) in [6.07, 6.45) is 1.86. The van der Waals surface area contributed by atoms with Gasteiger partial charge in [-0.1, -0.05) is 0 Å². The van der Waals surface area contributed by atoms with E-state index in [0.29, 0.717) is 6.61 Å². The highest BCUT2D eigenvalue weighted by atomic mass is 16.5. The van der Waals surface area contributed by atoms with E-state index in [2.05, 4.69) is 4.99 Å². The number of hydrogen-bond donors (Lipinski definition) is 0. The van der Waals surface area contributed by atoms with Crippen molar-refractivity contribution in [3.63, 3.8) is 0 Å². The van der Waals surface area contributed by atoms with Gasteiger partial charge >= 0.3 is 0 Å². The first-order chi connectivity index (χ1) is 7.57. The zero-order valence-electron chi connectivity index (χ0n) is 10.4. The van der Waals surface area contributed by atoms with E-state index in [9.17, 15) is 0 Å². The molecule has 0 spiro atoms. The van der Waals surface area contributed by atoms with Crippen molar-refractivity contribution in [1.29, 1.82) is 0 Å². The molecular formula is C13H19NO2. The SMILES string of the molecule is COCC(C)(C)N=Cc1ccc(OC)cc1. The summed E-state index contributed by atoms with van der Waals surface area (Å²) in [6, 6.07) is 7.80. The largest absolute Gasteiger partial charge is 0.497 e. The molecule has 0 unspecified atom stereocenters. The van der Waals surface area contributed by atoms with Crippen LogP contribution in [-0.4, -0.2) is 32.6 Å². The molecule has 3 heteroatoms. The average Bonchev–Trinajstić information content (AvgIpc) is 2.27. The molecule has 0 amide bonds. The quantitative estimate of drug-likeness (QED) is 0.715. The highest BCUT2D eigenvalue weighted by Gasteiger charge is 2.13. The molecule has 0 heterocycles. The van der Waals surface area contributed by atoms with Crippen LogP contribution in [0.1, 0.15) is 19.4 Å². The molecular weight excluding hydrogens is 202 g/mol. The fourth-order valence-corrected chi connectivity index (χ4v) is 1.33. The molecule has 0 aliphatic heterocycles. The Kier molecular flexibility index (Phi) is 4.50. The van der Waals surface area contributed by atoms with E-state index in [1.165, 1.54) is 0 Å². The molecule has 1 aromatic carbocycles. The van der Waals surface area contributed by atoms with Crippen LogP contribution in [0.3, 0.4) is 0 Å². The van der Waals surface area contributed by atoms with Crippen molar-refractivity contribution in [2.24, 2.45) is 4.99 Å². The van der Waals surface area contributed by atoms with E-state index < -0.39 is 0 Å². The van der Waals surface area contributed by atoms with E-state index in [1.807, 2.05) is 44.3 Å². The summed E-state index contributed by atoms with van der Waals surface area (Å²) in [4.78, 5) is 4.48. The topological polar surface area (TPSA) is 30.8 Å². The molecule has 0 bridgehead atoms. The van der Waals surface area contributed by atoms with Gasteiger partial charge in [-0.2, -0.15) is 0 Å². The molecule has 0 aromatic heterocycles. The monoisotopic (exact) mass is 221 g/mol. The van der Waals surface area contributed by atoms with Gasteiger partial charge in [-0.25, -0.2) is 0 Å². The Labute approximate surface area is 97.1 Å². The predicted molar refractivity (Wildman–Crippen MR) is 66.5 cm³/mol. The van der Waals surface area contributed by atoms with Crippen molar-refractivity contribution in [3.05, 3.63) is 29.8 Å². The van der Waals surface area contributed by atoms with Gasteiger partial charge in [-0.05, 0) is 43.7 Å². The molecule has 3 nitrogen and oxygen atoms in total. The summed E-state index contributed by atoms with van der Waals surface area (Å²) in [5.74, 6) is 0.855.